The molecule has 0 radical (unpaired) electrons. The highest BCUT2D eigenvalue weighted by Gasteiger charge is 2.31. The van der Waals surface area contributed by atoms with Crippen molar-refractivity contribution in [3.8, 4) is 5.75 Å². The molecule has 0 saturated heterocycles. The van der Waals surface area contributed by atoms with Gasteiger partial charge in [-0.3, -0.25) is 0 Å². The highest BCUT2D eigenvalue weighted by molar-refractivity contribution is 5.20. The van der Waals surface area contributed by atoms with Crippen molar-refractivity contribution in [1.82, 2.24) is 5.32 Å². The molecule has 1 saturated carbocycles. The maximum atomic E-state index is 5.85. The molecule has 1 aliphatic rings. The minimum Gasteiger partial charge on any atom is -0.494 e. The molecule has 0 atom stereocenters. The van der Waals surface area contributed by atoms with E-state index < -0.39 is 0 Å². The number of para-hydroxylation sites is 1. The van der Waals surface area contributed by atoms with Gasteiger partial charge < -0.3 is 10.1 Å². The molecule has 0 unspecified atom stereocenters. The van der Waals surface area contributed by atoms with Crippen molar-refractivity contribution >= 4 is 0 Å². The second-order valence-corrected chi connectivity index (χ2v) is 6.86. The van der Waals surface area contributed by atoms with Crippen molar-refractivity contribution in [3.05, 3.63) is 30.3 Å². The summed E-state index contributed by atoms with van der Waals surface area (Å²) >= 11 is 0. The molecule has 0 heterocycles. The van der Waals surface area contributed by atoms with E-state index in [1.807, 2.05) is 30.3 Å². The Kier molecular flexibility index (Phi) is 6.56. The Morgan fingerprint density at radius 3 is 2.48 bits per heavy atom. The lowest BCUT2D eigenvalue weighted by atomic mass is 9.71. The molecule has 0 amide bonds. The minimum absolute atomic E-state index is 0.516. The third kappa shape index (κ3) is 5.70. The van der Waals surface area contributed by atoms with Crippen LogP contribution in [0.4, 0.5) is 0 Å². The summed E-state index contributed by atoms with van der Waals surface area (Å²) in [6, 6.07) is 10.8. The summed E-state index contributed by atoms with van der Waals surface area (Å²) in [5, 5.41) is 3.67. The van der Waals surface area contributed by atoms with Crippen molar-refractivity contribution < 1.29 is 4.74 Å². The third-order valence-corrected chi connectivity index (χ3v) is 4.66. The van der Waals surface area contributed by atoms with Gasteiger partial charge in [-0.2, -0.15) is 0 Å². The number of hydrogen-bond donors (Lipinski definition) is 1. The number of hydrogen-bond acceptors (Lipinski definition) is 2. The lowest BCUT2D eigenvalue weighted by molar-refractivity contribution is 0.147. The van der Waals surface area contributed by atoms with Gasteiger partial charge in [0.05, 0.1) is 6.61 Å². The topological polar surface area (TPSA) is 21.3 Å². The van der Waals surface area contributed by atoms with E-state index in [0.717, 1.165) is 18.8 Å². The normalized spacial score (nSPS) is 17.9. The molecule has 0 spiro atoms. The van der Waals surface area contributed by atoms with E-state index in [0.29, 0.717) is 11.5 Å². The maximum absolute atomic E-state index is 5.85. The monoisotopic (exact) mass is 289 g/mol. The largest absolute Gasteiger partial charge is 0.494 e. The van der Waals surface area contributed by atoms with Crippen LogP contribution < -0.4 is 10.1 Å². The molecule has 1 N–H and O–H groups in total. The van der Waals surface area contributed by atoms with Gasteiger partial charge in [0.25, 0.3) is 0 Å². The van der Waals surface area contributed by atoms with Gasteiger partial charge in [-0.05, 0) is 43.2 Å². The van der Waals surface area contributed by atoms with Crippen LogP contribution in [0.15, 0.2) is 30.3 Å². The van der Waals surface area contributed by atoms with Crippen LogP contribution in [0.3, 0.4) is 0 Å². The van der Waals surface area contributed by atoms with Crippen LogP contribution >= 0.6 is 0 Å². The van der Waals surface area contributed by atoms with Crippen molar-refractivity contribution in [2.45, 2.75) is 64.8 Å². The smallest absolute Gasteiger partial charge is 0.119 e. The molecule has 0 bridgehead atoms. The van der Waals surface area contributed by atoms with E-state index in [4.69, 9.17) is 4.74 Å². The Labute approximate surface area is 130 Å². The molecule has 1 fully saturated rings. The minimum atomic E-state index is 0.516. The molecule has 0 aromatic heterocycles. The Morgan fingerprint density at radius 2 is 1.81 bits per heavy atom. The maximum Gasteiger partial charge on any atom is 0.119 e. The van der Waals surface area contributed by atoms with Crippen LogP contribution in [0.25, 0.3) is 0 Å². The van der Waals surface area contributed by atoms with Crippen molar-refractivity contribution in [2.75, 3.05) is 13.2 Å². The molecule has 2 rings (SSSR count). The average molecular weight is 289 g/mol. The first-order valence-electron chi connectivity index (χ1n) is 8.61. The van der Waals surface area contributed by atoms with Gasteiger partial charge >= 0.3 is 0 Å². The van der Waals surface area contributed by atoms with Gasteiger partial charge in [0.1, 0.15) is 5.75 Å². The fourth-order valence-corrected chi connectivity index (χ4v) is 3.39. The van der Waals surface area contributed by atoms with Crippen LogP contribution in [0.5, 0.6) is 5.75 Å². The summed E-state index contributed by atoms with van der Waals surface area (Å²) in [5.74, 6) is 0.996. The zero-order valence-electron chi connectivity index (χ0n) is 13.7. The lowest BCUT2D eigenvalue weighted by Crippen LogP contribution is -2.39. The molecule has 0 aliphatic heterocycles. The van der Waals surface area contributed by atoms with Gasteiger partial charge in [0.2, 0.25) is 0 Å². The highest BCUT2D eigenvalue weighted by Crippen LogP contribution is 2.39. The zero-order chi connectivity index (χ0) is 15.0. The summed E-state index contributed by atoms with van der Waals surface area (Å²) < 4.78 is 5.85. The summed E-state index contributed by atoms with van der Waals surface area (Å²) in [4.78, 5) is 0. The first-order valence-corrected chi connectivity index (χ1v) is 8.61. The summed E-state index contributed by atoms with van der Waals surface area (Å²) in [5.41, 5.74) is 0.516. The average Bonchev–Trinajstić information content (AvgIpc) is 2.52. The predicted molar refractivity (Wildman–Crippen MR) is 89.8 cm³/mol. The van der Waals surface area contributed by atoms with Crippen LogP contribution in [0, 0.1) is 5.41 Å². The van der Waals surface area contributed by atoms with Gasteiger partial charge in [-0.1, -0.05) is 51.3 Å². The summed E-state index contributed by atoms with van der Waals surface area (Å²) in [6.07, 6.45) is 9.45. The van der Waals surface area contributed by atoms with Crippen LogP contribution in [-0.2, 0) is 0 Å². The number of benzene rings is 1. The summed E-state index contributed by atoms with van der Waals surface area (Å²) in [6.45, 7) is 6.51. The quantitative estimate of drug-likeness (QED) is 0.694. The first kappa shape index (κ1) is 16.4. The van der Waals surface area contributed by atoms with E-state index in [2.05, 4.69) is 19.2 Å². The van der Waals surface area contributed by atoms with E-state index in [9.17, 15) is 0 Å². The predicted octanol–water partition coefficient (Wildman–Crippen LogP) is 4.79. The van der Waals surface area contributed by atoms with Gasteiger partial charge in [-0.15, -0.1) is 0 Å². The molecule has 1 aromatic rings. The standard InChI is InChI=1S/C19H31NO/c1-17(2)20-16-19(12-7-4-8-13-19)14-9-15-21-18-10-5-3-6-11-18/h3,5-6,10-11,17,20H,4,7-9,12-16H2,1-2H3. The molecular weight excluding hydrogens is 258 g/mol. The van der Waals surface area contributed by atoms with E-state index in [1.54, 1.807) is 0 Å². The molecule has 1 aliphatic carbocycles. The van der Waals surface area contributed by atoms with Crippen LogP contribution in [0.2, 0.25) is 0 Å². The van der Waals surface area contributed by atoms with E-state index in [1.165, 1.54) is 45.1 Å². The fraction of sp³-hybridized carbons (Fsp3) is 0.684. The Morgan fingerprint density at radius 1 is 1.10 bits per heavy atom. The van der Waals surface area contributed by atoms with Crippen molar-refractivity contribution in [1.29, 1.82) is 0 Å². The number of ether oxygens (including phenoxy) is 1. The zero-order valence-corrected chi connectivity index (χ0v) is 13.7. The second kappa shape index (κ2) is 8.43. The fourth-order valence-electron chi connectivity index (χ4n) is 3.39. The SMILES string of the molecule is CC(C)NCC1(CCCOc2ccccc2)CCCCC1. The first-order chi connectivity index (χ1) is 10.2. The number of rotatable bonds is 8. The van der Waals surface area contributed by atoms with Gasteiger partial charge in [0.15, 0.2) is 0 Å². The van der Waals surface area contributed by atoms with Crippen LogP contribution in [-0.4, -0.2) is 19.2 Å². The van der Waals surface area contributed by atoms with E-state index in [-0.39, 0.29) is 0 Å². The van der Waals surface area contributed by atoms with Crippen molar-refractivity contribution in [2.24, 2.45) is 5.41 Å². The third-order valence-electron chi connectivity index (χ3n) is 4.66. The van der Waals surface area contributed by atoms with Gasteiger partial charge in [0, 0.05) is 12.6 Å². The summed E-state index contributed by atoms with van der Waals surface area (Å²) in [7, 11) is 0. The molecule has 118 valence electrons. The second-order valence-electron chi connectivity index (χ2n) is 6.86. The molecule has 2 nitrogen and oxygen atoms in total. The van der Waals surface area contributed by atoms with Crippen LogP contribution in [0.1, 0.15) is 58.8 Å². The molecule has 21 heavy (non-hydrogen) atoms. The number of nitrogens with one attached hydrogen (secondary N) is 1. The Bertz CT molecular complexity index is 382. The lowest BCUT2D eigenvalue weighted by Gasteiger charge is -2.38. The molecule has 2 heteroatoms. The molecule has 1 aromatic carbocycles. The highest BCUT2D eigenvalue weighted by atomic mass is 16.5. The van der Waals surface area contributed by atoms with E-state index >= 15 is 0 Å². The molecular formula is C19H31NO. The van der Waals surface area contributed by atoms with Crippen molar-refractivity contribution in [3.63, 3.8) is 0 Å². The Hall–Kier alpha value is -1.02. The van der Waals surface area contributed by atoms with Gasteiger partial charge in [-0.25, -0.2) is 0 Å². The Balaban J connectivity index is 1.76.